The predicted molar refractivity (Wildman–Crippen MR) is 70.3 cm³/mol. The summed E-state index contributed by atoms with van der Waals surface area (Å²) in [6.45, 7) is 14.9. The Labute approximate surface area is 95.0 Å². The molecule has 15 heavy (non-hydrogen) atoms. The molecule has 0 aromatic rings. The quantitative estimate of drug-likeness (QED) is 0.550. The molecule has 0 atom stereocenters. The minimum Gasteiger partial charge on any atom is -0.264 e. The third kappa shape index (κ3) is 4.96. The summed E-state index contributed by atoms with van der Waals surface area (Å²) in [7, 11) is 0. The zero-order valence-electron chi connectivity index (χ0n) is 11.3. The molecule has 1 heteroatoms. The van der Waals surface area contributed by atoms with Crippen molar-refractivity contribution >= 4 is 6.21 Å². The van der Waals surface area contributed by atoms with E-state index in [1.807, 2.05) is 20.1 Å². The largest absolute Gasteiger partial charge is 0.264 e. The molecule has 1 aliphatic rings. The van der Waals surface area contributed by atoms with Gasteiger partial charge in [0.2, 0.25) is 0 Å². The minimum absolute atomic E-state index is 0.0868. The highest BCUT2D eigenvalue weighted by molar-refractivity contribution is 5.69. The van der Waals surface area contributed by atoms with Crippen LogP contribution in [0.15, 0.2) is 28.9 Å². The molecule has 0 aliphatic carbocycles. The van der Waals surface area contributed by atoms with Gasteiger partial charge in [-0.2, -0.15) is 0 Å². The molecule has 0 radical (unpaired) electrons. The second-order valence-corrected chi connectivity index (χ2v) is 5.24. The van der Waals surface area contributed by atoms with Gasteiger partial charge in [-0.25, -0.2) is 0 Å². The average molecular weight is 207 g/mol. The van der Waals surface area contributed by atoms with Gasteiger partial charge in [-0.05, 0) is 6.08 Å². The van der Waals surface area contributed by atoms with Crippen LogP contribution in [0.4, 0.5) is 0 Å². The Morgan fingerprint density at radius 1 is 1.13 bits per heavy atom. The van der Waals surface area contributed by atoms with Crippen LogP contribution in [0.25, 0.3) is 0 Å². The van der Waals surface area contributed by atoms with Crippen LogP contribution in [0.5, 0.6) is 0 Å². The first-order valence-electron chi connectivity index (χ1n) is 5.76. The smallest absolute Gasteiger partial charge is 0.0453 e. The van der Waals surface area contributed by atoms with Crippen molar-refractivity contribution < 1.29 is 0 Å². The fourth-order valence-electron chi connectivity index (χ4n) is 1.15. The first-order chi connectivity index (χ1) is 6.81. The van der Waals surface area contributed by atoms with E-state index < -0.39 is 0 Å². The molecule has 0 unspecified atom stereocenters. The Balaban J connectivity index is 0.000000921. The maximum absolute atomic E-state index is 4.52. The molecular weight excluding hydrogens is 182 g/mol. The third-order valence-electron chi connectivity index (χ3n) is 2.08. The highest BCUT2D eigenvalue weighted by Gasteiger charge is 2.19. The van der Waals surface area contributed by atoms with E-state index in [2.05, 4.69) is 57.8 Å². The first-order valence-corrected chi connectivity index (χ1v) is 5.76. The van der Waals surface area contributed by atoms with Gasteiger partial charge >= 0.3 is 0 Å². The van der Waals surface area contributed by atoms with E-state index in [0.717, 1.165) is 5.70 Å². The van der Waals surface area contributed by atoms with E-state index in [-0.39, 0.29) is 10.8 Å². The van der Waals surface area contributed by atoms with Gasteiger partial charge in [0.05, 0.1) is 0 Å². The maximum Gasteiger partial charge on any atom is 0.0453 e. The number of nitrogens with zero attached hydrogens (tertiary/aromatic N) is 1. The molecule has 0 amide bonds. The first kappa shape index (κ1) is 14.2. The van der Waals surface area contributed by atoms with Crippen LogP contribution in [0.2, 0.25) is 0 Å². The van der Waals surface area contributed by atoms with Crippen molar-refractivity contribution in [3.05, 3.63) is 23.9 Å². The van der Waals surface area contributed by atoms with Gasteiger partial charge < -0.3 is 0 Å². The molecule has 1 nitrogen and oxygen atoms in total. The lowest BCUT2D eigenvalue weighted by molar-refractivity contribution is 0.498. The Bertz CT molecular complexity index is 272. The molecule has 0 aromatic heterocycles. The molecule has 0 spiro atoms. The zero-order chi connectivity index (χ0) is 12.1. The fraction of sp³-hybridized carbons (Fsp3) is 0.643. The highest BCUT2D eigenvalue weighted by atomic mass is 14.8. The van der Waals surface area contributed by atoms with Crippen molar-refractivity contribution in [1.82, 2.24) is 0 Å². The van der Waals surface area contributed by atoms with Crippen LogP contribution in [0.3, 0.4) is 0 Å². The SMILES string of the molecule is CC.CC1(C)C=CC=C(C(C)(C)C)N=C1. The second kappa shape index (κ2) is 5.29. The summed E-state index contributed by atoms with van der Waals surface area (Å²) in [6.07, 6.45) is 8.40. The Morgan fingerprint density at radius 2 is 1.67 bits per heavy atom. The van der Waals surface area contributed by atoms with Gasteiger partial charge in [-0.3, -0.25) is 4.99 Å². The number of allylic oxidation sites excluding steroid dienone is 4. The van der Waals surface area contributed by atoms with Gasteiger partial charge in [0.15, 0.2) is 0 Å². The van der Waals surface area contributed by atoms with Crippen LogP contribution in [0, 0.1) is 10.8 Å². The summed E-state index contributed by atoms with van der Waals surface area (Å²) in [6, 6.07) is 0. The van der Waals surface area contributed by atoms with Gasteiger partial charge in [0, 0.05) is 22.7 Å². The van der Waals surface area contributed by atoms with E-state index in [1.165, 1.54) is 0 Å². The van der Waals surface area contributed by atoms with E-state index in [9.17, 15) is 0 Å². The number of rotatable bonds is 0. The summed E-state index contributed by atoms with van der Waals surface area (Å²) in [5.74, 6) is 0. The summed E-state index contributed by atoms with van der Waals surface area (Å²) >= 11 is 0. The predicted octanol–water partition coefficient (Wildman–Crippen LogP) is 4.61. The van der Waals surface area contributed by atoms with Crippen molar-refractivity contribution in [1.29, 1.82) is 0 Å². The lowest BCUT2D eigenvalue weighted by Gasteiger charge is -2.19. The molecule has 0 saturated heterocycles. The van der Waals surface area contributed by atoms with E-state index in [4.69, 9.17) is 0 Å². The van der Waals surface area contributed by atoms with Crippen molar-refractivity contribution in [3.63, 3.8) is 0 Å². The molecule has 0 N–H and O–H groups in total. The van der Waals surface area contributed by atoms with Crippen molar-refractivity contribution in [3.8, 4) is 0 Å². The molecule has 1 rings (SSSR count). The lowest BCUT2D eigenvalue weighted by Crippen LogP contribution is -2.10. The Hall–Kier alpha value is -0.850. The molecule has 0 bridgehead atoms. The van der Waals surface area contributed by atoms with Crippen molar-refractivity contribution in [2.75, 3.05) is 0 Å². The topological polar surface area (TPSA) is 12.4 Å². The molecule has 0 fully saturated rings. The monoisotopic (exact) mass is 207 g/mol. The Kier molecular flexibility index (Phi) is 4.99. The lowest BCUT2D eigenvalue weighted by atomic mass is 9.92. The second-order valence-electron chi connectivity index (χ2n) is 5.24. The molecule has 1 heterocycles. The minimum atomic E-state index is 0.0868. The van der Waals surface area contributed by atoms with E-state index >= 15 is 0 Å². The van der Waals surface area contributed by atoms with Gasteiger partial charge in [-0.1, -0.05) is 60.6 Å². The normalized spacial score (nSPS) is 18.7. The average Bonchev–Trinajstić information content (AvgIpc) is 2.28. The van der Waals surface area contributed by atoms with Crippen molar-refractivity contribution in [2.45, 2.75) is 48.5 Å². The molecule has 0 aromatic carbocycles. The maximum atomic E-state index is 4.52. The van der Waals surface area contributed by atoms with Gasteiger partial charge in [0.1, 0.15) is 0 Å². The van der Waals surface area contributed by atoms with Crippen LogP contribution in [0.1, 0.15) is 48.5 Å². The Morgan fingerprint density at radius 3 is 2.13 bits per heavy atom. The molecule has 86 valence electrons. The van der Waals surface area contributed by atoms with Crippen molar-refractivity contribution in [2.24, 2.45) is 15.8 Å². The summed E-state index contributed by atoms with van der Waals surface area (Å²) < 4.78 is 0. The van der Waals surface area contributed by atoms with Gasteiger partial charge in [0.25, 0.3) is 0 Å². The third-order valence-corrected chi connectivity index (χ3v) is 2.08. The zero-order valence-corrected chi connectivity index (χ0v) is 11.3. The molecular formula is C14H25N. The fourth-order valence-corrected chi connectivity index (χ4v) is 1.15. The number of aliphatic imine (C=N–C) groups is 1. The van der Waals surface area contributed by atoms with E-state index in [1.54, 1.807) is 0 Å². The number of hydrogen-bond acceptors (Lipinski definition) is 1. The van der Waals surface area contributed by atoms with E-state index in [0.29, 0.717) is 0 Å². The summed E-state index contributed by atoms with van der Waals surface area (Å²) in [5.41, 5.74) is 1.37. The molecule has 1 aliphatic heterocycles. The van der Waals surface area contributed by atoms with Crippen LogP contribution in [-0.4, -0.2) is 6.21 Å². The number of hydrogen-bond donors (Lipinski definition) is 0. The molecule has 0 saturated carbocycles. The van der Waals surface area contributed by atoms with Crippen LogP contribution in [-0.2, 0) is 0 Å². The standard InChI is InChI=1S/C12H19N.C2H6/c1-11(2,3)10-7-6-8-12(4,5)9-13-10;1-2/h6-9H,1-5H3;1-2H3. The van der Waals surface area contributed by atoms with Crippen LogP contribution >= 0.6 is 0 Å². The summed E-state index contributed by atoms with van der Waals surface area (Å²) in [4.78, 5) is 4.52. The van der Waals surface area contributed by atoms with Crippen LogP contribution < -0.4 is 0 Å². The summed E-state index contributed by atoms with van der Waals surface area (Å²) in [5, 5.41) is 0. The van der Waals surface area contributed by atoms with Gasteiger partial charge in [-0.15, -0.1) is 0 Å². The highest BCUT2D eigenvalue weighted by Crippen LogP contribution is 2.29.